The van der Waals surface area contributed by atoms with Gasteiger partial charge in [0.2, 0.25) is 11.8 Å². The van der Waals surface area contributed by atoms with E-state index in [0.29, 0.717) is 34.0 Å². The van der Waals surface area contributed by atoms with Crippen LogP contribution in [0.5, 0.6) is 5.75 Å². The third-order valence-electron chi connectivity index (χ3n) is 4.11. The number of thioether (sulfide) groups is 1. The molecule has 0 bridgehead atoms. The van der Waals surface area contributed by atoms with Crippen LogP contribution in [0.4, 0.5) is 5.69 Å². The molecule has 0 saturated heterocycles. The van der Waals surface area contributed by atoms with Crippen molar-refractivity contribution >= 4 is 52.2 Å². The van der Waals surface area contributed by atoms with Crippen molar-refractivity contribution in [2.75, 3.05) is 12.4 Å². The molecule has 0 radical (unpaired) electrons. The van der Waals surface area contributed by atoms with E-state index in [1.807, 2.05) is 22.1 Å². The minimum Gasteiger partial charge on any atom is -0.495 e. The maximum atomic E-state index is 12.7. The zero-order valence-electron chi connectivity index (χ0n) is 16.3. The molecule has 1 unspecified atom stereocenters. The maximum absolute atomic E-state index is 12.7. The summed E-state index contributed by atoms with van der Waals surface area (Å²) in [7, 11) is 1.52. The summed E-state index contributed by atoms with van der Waals surface area (Å²) in [4.78, 5) is 25.0. The number of benzene rings is 1. The molecule has 8 nitrogen and oxygen atoms in total. The van der Waals surface area contributed by atoms with E-state index in [0.717, 1.165) is 4.88 Å². The number of carbonyl (C=O) groups excluding carboxylic acids is 2. The molecule has 158 valence electrons. The monoisotopic (exact) mass is 465 g/mol. The highest BCUT2D eigenvalue weighted by Gasteiger charge is 2.22. The number of thiophene rings is 1. The van der Waals surface area contributed by atoms with Crippen molar-refractivity contribution in [2.45, 2.75) is 30.3 Å². The topological polar surface area (TPSA) is 112 Å². The molecule has 2 heterocycles. The Morgan fingerprint density at radius 1 is 1.37 bits per heavy atom. The van der Waals surface area contributed by atoms with Crippen LogP contribution >= 0.6 is 34.7 Å². The predicted octanol–water partition coefficient (Wildman–Crippen LogP) is 3.66. The average Bonchev–Trinajstić information content (AvgIpc) is 3.36. The summed E-state index contributed by atoms with van der Waals surface area (Å²) in [6, 6.07) is 8.82. The fourth-order valence-corrected chi connectivity index (χ4v) is 4.38. The van der Waals surface area contributed by atoms with Crippen LogP contribution in [0.25, 0.3) is 10.7 Å². The van der Waals surface area contributed by atoms with Gasteiger partial charge in [-0.3, -0.25) is 9.59 Å². The van der Waals surface area contributed by atoms with Crippen molar-refractivity contribution in [3.63, 3.8) is 0 Å². The first-order valence-electron chi connectivity index (χ1n) is 8.95. The Morgan fingerprint density at radius 2 is 2.17 bits per heavy atom. The highest BCUT2D eigenvalue weighted by molar-refractivity contribution is 8.00. The number of hydrogen-bond donors (Lipinski definition) is 2. The molecule has 2 amide bonds. The second-order valence-electron chi connectivity index (χ2n) is 6.25. The number of methoxy groups -OCH3 is 1. The fraction of sp³-hybridized carbons (Fsp3) is 0.263. The molecular weight excluding hydrogens is 446 g/mol. The highest BCUT2D eigenvalue weighted by atomic mass is 35.5. The number of rotatable bonds is 9. The van der Waals surface area contributed by atoms with Crippen LogP contribution in [0.2, 0.25) is 5.02 Å². The Morgan fingerprint density at radius 3 is 2.83 bits per heavy atom. The van der Waals surface area contributed by atoms with Crippen LogP contribution in [0.15, 0.2) is 40.9 Å². The molecule has 3 aromatic rings. The number of halogens is 1. The predicted molar refractivity (Wildman–Crippen MR) is 119 cm³/mol. The number of anilines is 1. The molecule has 0 aliphatic rings. The number of carbonyl (C=O) groups is 2. The molecule has 0 saturated carbocycles. The Balaban J connectivity index is 1.79. The van der Waals surface area contributed by atoms with Gasteiger partial charge in [-0.1, -0.05) is 29.4 Å². The van der Waals surface area contributed by atoms with E-state index in [1.165, 1.54) is 30.2 Å². The third-order valence-corrected chi connectivity index (χ3v) is 6.29. The van der Waals surface area contributed by atoms with Crippen LogP contribution in [0.3, 0.4) is 0 Å². The van der Waals surface area contributed by atoms with E-state index in [-0.39, 0.29) is 12.3 Å². The van der Waals surface area contributed by atoms with Crippen LogP contribution < -0.4 is 15.8 Å². The molecule has 0 spiro atoms. The van der Waals surface area contributed by atoms with Crippen molar-refractivity contribution in [2.24, 2.45) is 5.73 Å². The fourth-order valence-electron chi connectivity index (χ4n) is 2.61. The Kier molecular flexibility index (Phi) is 7.35. The van der Waals surface area contributed by atoms with Gasteiger partial charge in [0, 0.05) is 18.0 Å². The molecule has 1 atom stereocenters. The summed E-state index contributed by atoms with van der Waals surface area (Å²) in [5, 5.41) is 13.8. The zero-order valence-corrected chi connectivity index (χ0v) is 18.7. The van der Waals surface area contributed by atoms with E-state index >= 15 is 0 Å². The molecule has 1 aromatic carbocycles. The van der Waals surface area contributed by atoms with Crippen LogP contribution in [-0.4, -0.2) is 38.9 Å². The summed E-state index contributed by atoms with van der Waals surface area (Å²) in [6.07, 6.45) is 0.143. The first-order chi connectivity index (χ1) is 14.4. The number of amides is 2. The van der Waals surface area contributed by atoms with Crippen molar-refractivity contribution in [3.05, 3.63) is 40.7 Å². The lowest BCUT2D eigenvalue weighted by atomic mass is 10.3. The van der Waals surface area contributed by atoms with Gasteiger partial charge in [0.05, 0.1) is 22.9 Å². The van der Waals surface area contributed by atoms with Crippen LogP contribution in [0, 0.1) is 0 Å². The lowest BCUT2D eigenvalue weighted by Crippen LogP contribution is -2.23. The molecule has 30 heavy (non-hydrogen) atoms. The molecule has 0 fully saturated rings. The summed E-state index contributed by atoms with van der Waals surface area (Å²) < 4.78 is 7.08. The van der Waals surface area contributed by atoms with E-state index < -0.39 is 11.2 Å². The Labute approximate surface area is 186 Å². The number of nitrogens with one attached hydrogen (secondary N) is 1. The molecule has 11 heteroatoms. The molecule has 0 aliphatic carbocycles. The van der Waals surface area contributed by atoms with E-state index in [2.05, 4.69) is 15.5 Å². The van der Waals surface area contributed by atoms with E-state index in [1.54, 1.807) is 25.1 Å². The zero-order chi connectivity index (χ0) is 21.7. The molecule has 3 N–H and O–H groups in total. The summed E-state index contributed by atoms with van der Waals surface area (Å²) in [5.41, 5.74) is 5.80. The molecule has 3 rings (SSSR count). The largest absolute Gasteiger partial charge is 0.495 e. The maximum Gasteiger partial charge on any atom is 0.237 e. The van der Waals surface area contributed by atoms with Gasteiger partial charge in [-0.25, -0.2) is 0 Å². The number of nitrogens with zero attached hydrogens (tertiary/aromatic N) is 3. The lowest BCUT2D eigenvalue weighted by Gasteiger charge is -2.15. The Bertz CT molecular complexity index is 1040. The van der Waals surface area contributed by atoms with Gasteiger partial charge in [0.25, 0.3) is 0 Å². The number of ether oxygens (including phenoxy) is 1. The van der Waals surface area contributed by atoms with E-state index in [4.69, 9.17) is 22.1 Å². The van der Waals surface area contributed by atoms with Gasteiger partial charge >= 0.3 is 0 Å². The SMILES string of the molecule is COc1ccc(Cl)cc1NC(=O)C(C)Sc1nnc(-c2cccs2)n1CCC(N)=O. The smallest absolute Gasteiger partial charge is 0.237 e. The first-order valence-corrected chi connectivity index (χ1v) is 11.1. The summed E-state index contributed by atoms with van der Waals surface area (Å²) in [5.74, 6) is 0.478. The quantitative estimate of drug-likeness (QED) is 0.466. The number of hydrogen-bond acceptors (Lipinski definition) is 7. The van der Waals surface area contributed by atoms with Crippen molar-refractivity contribution in [3.8, 4) is 16.5 Å². The van der Waals surface area contributed by atoms with Crippen LogP contribution in [-0.2, 0) is 16.1 Å². The van der Waals surface area contributed by atoms with Gasteiger partial charge in [-0.2, -0.15) is 0 Å². The van der Waals surface area contributed by atoms with E-state index in [9.17, 15) is 9.59 Å². The minimum absolute atomic E-state index is 0.143. The normalized spacial score (nSPS) is 11.8. The highest BCUT2D eigenvalue weighted by Crippen LogP contribution is 2.31. The van der Waals surface area contributed by atoms with Crippen molar-refractivity contribution in [1.82, 2.24) is 14.8 Å². The van der Waals surface area contributed by atoms with Gasteiger partial charge in [-0.05, 0) is 36.6 Å². The molecular formula is C19H20ClN5O3S2. The Hall–Kier alpha value is -2.56. The molecule has 0 aliphatic heterocycles. The number of aromatic nitrogens is 3. The number of nitrogens with two attached hydrogens (primary N) is 1. The lowest BCUT2D eigenvalue weighted by molar-refractivity contribution is -0.118. The van der Waals surface area contributed by atoms with Crippen molar-refractivity contribution in [1.29, 1.82) is 0 Å². The molecule has 2 aromatic heterocycles. The average molecular weight is 466 g/mol. The minimum atomic E-state index is -0.499. The van der Waals surface area contributed by atoms with Crippen molar-refractivity contribution < 1.29 is 14.3 Å². The first kappa shape index (κ1) is 22.1. The second kappa shape index (κ2) is 9.96. The standard InChI is InChI=1S/C19H20ClN5O3S2/c1-11(18(27)22-13-10-12(20)5-6-14(13)28-2)30-19-24-23-17(15-4-3-9-29-15)25(19)8-7-16(21)26/h3-6,9-11H,7-8H2,1-2H3,(H2,21,26)(H,22,27). The number of primary amides is 1. The van der Waals surface area contributed by atoms with Crippen LogP contribution in [0.1, 0.15) is 13.3 Å². The van der Waals surface area contributed by atoms with Gasteiger partial charge < -0.3 is 20.4 Å². The summed E-state index contributed by atoms with van der Waals surface area (Å²) >= 11 is 8.79. The second-order valence-corrected chi connectivity index (χ2v) is 8.94. The van der Waals surface area contributed by atoms with Gasteiger partial charge in [-0.15, -0.1) is 21.5 Å². The van der Waals surface area contributed by atoms with Gasteiger partial charge in [0.15, 0.2) is 11.0 Å². The van der Waals surface area contributed by atoms with Gasteiger partial charge in [0.1, 0.15) is 5.75 Å². The summed E-state index contributed by atoms with van der Waals surface area (Å²) in [6.45, 7) is 2.09. The third kappa shape index (κ3) is 5.32.